The first-order chi connectivity index (χ1) is 10.2. The van der Waals surface area contributed by atoms with E-state index < -0.39 is 0 Å². The van der Waals surface area contributed by atoms with Crippen molar-refractivity contribution in [2.75, 3.05) is 6.54 Å². The van der Waals surface area contributed by atoms with Gasteiger partial charge in [-0.25, -0.2) is 4.68 Å². The first kappa shape index (κ1) is 16.7. The number of hydrogen-bond donors (Lipinski definition) is 1. The molecule has 1 heterocycles. The summed E-state index contributed by atoms with van der Waals surface area (Å²) >= 11 is 8.54. The first-order valence-electron chi connectivity index (χ1n) is 7.24. The van der Waals surface area contributed by atoms with Gasteiger partial charge in [-0.1, -0.05) is 30.7 Å². The van der Waals surface area contributed by atoms with Gasteiger partial charge in [0.25, 0.3) is 0 Å². The molecule has 1 aromatic heterocycles. The highest BCUT2D eigenvalue weighted by atomic mass is 127. The van der Waals surface area contributed by atoms with Crippen molar-refractivity contribution in [3.05, 3.63) is 44.2 Å². The summed E-state index contributed by atoms with van der Waals surface area (Å²) in [4.78, 5) is 0. The van der Waals surface area contributed by atoms with Gasteiger partial charge in [0.1, 0.15) is 0 Å². The second-order valence-corrected chi connectivity index (χ2v) is 6.53. The zero-order valence-electron chi connectivity index (χ0n) is 12.3. The monoisotopic (exact) mass is 418 g/mol. The van der Waals surface area contributed by atoms with E-state index in [1.165, 1.54) is 9.13 Å². The number of rotatable bonds is 7. The molecule has 0 aliphatic heterocycles. The number of halogens is 2. The van der Waals surface area contributed by atoms with Crippen LogP contribution >= 0.6 is 34.2 Å². The Morgan fingerprint density at radius 2 is 2.14 bits per heavy atom. The Morgan fingerprint density at radius 1 is 1.33 bits per heavy atom. The molecule has 0 amide bonds. The molecule has 21 heavy (non-hydrogen) atoms. The van der Waals surface area contributed by atoms with Gasteiger partial charge in [-0.3, -0.25) is 0 Å². The van der Waals surface area contributed by atoms with Crippen molar-refractivity contribution in [2.24, 2.45) is 0 Å². The van der Waals surface area contributed by atoms with Crippen LogP contribution in [0.4, 0.5) is 0 Å². The standard InChI is InChI=1S/C15H20ClIN4/c1-3-7-18-15(12-9-11(16)5-6-13(12)17)14-10-19-20-21(14)8-4-2/h5-6,9-10,15,18H,3-4,7-8H2,1-2H3. The third-order valence-corrected chi connectivity index (χ3v) is 4.46. The fourth-order valence-corrected chi connectivity index (χ4v) is 3.10. The lowest BCUT2D eigenvalue weighted by molar-refractivity contribution is 0.503. The molecule has 0 saturated heterocycles. The predicted octanol–water partition coefficient (Wildman–Crippen LogP) is 4.04. The molecule has 4 nitrogen and oxygen atoms in total. The van der Waals surface area contributed by atoms with Crippen LogP contribution in [0.2, 0.25) is 5.02 Å². The van der Waals surface area contributed by atoms with Crippen LogP contribution in [0.3, 0.4) is 0 Å². The number of aromatic nitrogens is 3. The van der Waals surface area contributed by atoms with Gasteiger partial charge >= 0.3 is 0 Å². The van der Waals surface area contributed by atoms with Crippen LogP contribution in [0.1, 0.15) is 44.0 Å². The molecule has 0 radical (unpaired) electrons. The molecule has 1 N–H and O–H groups in total. The zero-order valence-corrected chi connectivity index (χ0v) is 15.2. The van der Waals surface area contributed by atoms with E-state index >= 15 is 0 Å². The van der Waals surface area contributed by atoms with Crippen molar-refractivity contribution in [3.63, 3.8) is 0 Å². The van der Waals surface area contributed by atoms with Crippen molar-refractivity contribution in [2.45, 2.75) is 39.3 Å². The highest BCUT2D eigenvalue weighted by molar-refractivity contribution is 14.1. The highest BCUT2D eigenvalue weighted by Crippen LogP contribution is 2.28. The van der Waals surface area contributed by atoms with Gasteiger partial charge in [-0.2, -0.15) is 0 Å². The van der Waals surface area contributed by atoms with E-state index in [4.69, 9.17) is 11.6 Å². The second-order valence-electron chi connectivity index (χ2n) is 4.93. The molecule has 6 heteroatoms. The first-order valence-corrected chi connectivity index (χ1v) is 8.69. The maximum absolute atomic E-state index is 6.19. The minimum Gasteiger partial charge on any atom is -0.305 e. The Hall–Kier alpha value is -0.660. The van der Waals surface area contributed by atoms with Crippen LogP contribution in [-0.4, -0.2) is 21.5 Å². The highest BCUT2D eigenvalue weighted by Gasteiger charge is 2.21. The van der Waals surface area contributed by atoms with Gasteiger partial charge in [-0.15, -0.1) is 5.10 Å². The topological polar surface area (TPSA) is 42.7 Å². The molecule has 0 bridgehead atoms. The van der Waals surface area contributed by atoms with Gasteiger partial charge in [0, 0.05) is 15.1 Å². The van der Waals surface area contributed by atoms with Gasteiger partial charge in [0.15, 0.2) is 0 Å². The zero-order chi connectivity index (χ0) is 15.2. The molecule has 1 atom stereocenters. The van der Waals surface area contributed by atoms with Crippen molar-refractivity contribution in [1.82, 2.24) is 20.3 Å². The molecule has 2 rings (SSSR count). The molecule has 0 spiro atoms. The lowest BCUT2D eigenvalue weighted by atomic mass is 10.0. The summed E-state index contributed by atoms with van der Waals surface area (Å²) in [6.07, 6.45) is 3.95. The molecule has 0 saturated carbocycles. The van der Waals surface area contributed by atoms with E-state index in [1.54, 1.807) is 0 Å². The Kier molecular flexibility index (Phi) is 6.44. The average Bonchev–Trinajstić information content (AvgIpc) is 2.92. The van der Waals surface area contributed by atoms with Gasteiger partial charge in [0.05, 0.1) is 17.9 Å². The van der Waals surface area contributed by atoms with Gasteiger partial charge < -0.3 is 5.32 Å². The molecular formula is C15H20ClIN4. The third kappa shape index (κ3) is 4.17. The Morgan fingerprint density at radius 3 is 2.86 bits per heavy atom. The van der Waals surface area contributed by atoms with Gasteiger partial charge in [-0.05, 0) is 65.7 Å². The number of aryl methyl sites for hydroxylation is 1. The largest absolute Gasteiger partial charge is 0.305 e. The lowest BCUT2D eigenvalue weighted by Gasteiger charge is -2.21. The molecule has 0 aliphatic carbocycles. The summed E-state index contributed by atoms with van der Waals surface area (Å²) in [5.41, 5.74) is 2.27. The molecule has 0 aliphatic rings. The van der Waals surface area contributed by atoms with Crippen molar-refractivity contribution in [1.29, 1.82) is 0 Å². The minimum absolute atomic E-state index is 0.0668. The van der Waals surface area contributed by atoms with Crippen LogP contribution < -0.4 is 5.32 Å². The molecule has 2 aromatic rings. The molecule has 1 unspecified atom stereocenters. The Balaban J connectivity index is 2.42. The lowest BCUT2D eigenvalue weighted by Crippen LogP contribution is -2.26. The van der Waals surface area contributed by atoms with Crippen LogP contribution in [0.5, 0.6) is 0 Å². The van der Waals surface area contributed by atoms with Crippen molar-refractivity contribution >= 4 is 34.2 Å². The number of benzene rings is 1. The van der Waals surface area contributed by atoms with E-state index in [-0.39, 0.29) is 6.04 Å². The van der Waals surface area contributed by atoms with E-state index in [0.717, 1.165) is 36.6 Å². The molecular weight excluding hydrogens is 399 g/mol. The summed E-state index contributed by atoms with van der Waals surface area (Å²) in [6.45, 7) is 6.11. The van der Waals surface area contributed by atoms with Crippen LogP contribution in [-0.2, 0) is 6.54 Å². The quantitative estimate of drug-likeness (QED) is 0.690. The second kappa shape index (κ2) is 8.10. The summed E-state index contributed by atoms with van der Waals surface area (Å²) in [7, 11) is 0. The fourth-order valence-electron chi connectivity index (χ4n) is 2.27. The van der Waals surface area contributed by atoms with E-state index in [2.05, 4.69) is 52.1 Å². The predicted molar refractivity (Wildman–Crippen MR) is 94.6 cm³/mol. The Bertz CT molecular complexity index is 585. The Labute approximate surface area is 144 Å². The third-order valence-electron chi connectivity index (χ3n) is 3.25. The average molecular weight is 419 g/mol. The number of hydrogen-bond acceptors (Lipinski definition) is 3. The van der Waals surface area contributed by atoms with Gasteiger partial charge in [0.2, 0.25) is 0 Å². The van der Waals surface area contributed by atoms with E-state index in [9.17, 15) is 0 Å². The SMILES string of the molecule is CCCNC(c1cc(Cl)ccc1I)c1cnnn1CCC. The minimum atomic E-state index is 0.0668. The normalized spacial score (nSPS) is 12.6. The summed E-state index contributed by atoms with van der Waals surface area (Å²) in [6, 6.07) is 6.06. The van der Waals surface area contributed by atoms with Crippen LogP contribution in [0.25, 0.3) is 0 Å². The van der Waals surface area contributed by atoms with Crippen molar-refractivity contribution in [3.8, 4) is 0 Å². The van der Waals surface area contributed by atoms with Crippen molar-refractivity contribution < 1.29 is 0 Å². The van der Waals surface area contributed by atoms with Crippen LogP contribution in [0, 0.1) is 3.57 Å². The molecule has 1 aromatic carbocycles. The molecule has 0 fully saturated rings. The smallest absolute Gasteiger partial charge is 0.0802 e. The van der Waals surface area contributed by atoms with E-state index in [0.29, 0.717) is 0 Å². The maximum atomic E-state index is 6.19. The molecule has 114 valence electrons. The number of nitrogens with zero attached hydrogens (tertiary/aromatic N) is 3. The fraction of sp³-hybridized carbons (Fsp3) is 0.467. The van der Waals surface area contributed by atoms with E-state index in [1.807, 2.05) is 29.1 Å². The summed E-state index contributed by atoms with van der Waals surface area (Å²) < 4.78 is 3.17. The summed E-state index contributed by atoms with van der Waals surface area (Å²) in [5, 5.41) is 12.6. The van der Waals surface area contributed by atoms with Crippen LogP contribution in [0.15, 0.2) is 24.4 Å². The maximum Gasteiger partial charge on any atom is 0.0802 e. The number of nitrogens with one attached hydrogen (secondary N) is 1. The summed E-state index contributed by atoms with van der Waals surface area (Å²) in [5.74, 6) is 0.